The van der Waals surface area contributed by atoms with E-state index in [0.29, 0.717) is 25.1 Å². The second-order valence-electron chi connectivity index (χ2n) is 3.63. The van der Waals surface area contributed by atoms with E-state index in [1.807, 2.05) is 0 Å². The number of ketones is 1. The minimum absolute atomic E-state index is 0.332. The van der Waals surface area contributed by atoms with Crippen molar-refractivity contribution in [1.82, 2.24) is 0 Å². The number of halogens is 5. The summed E-state index contributed by atoms with van der Waals surface area (Å²) < 4.78 is 87.0. The lowest BCUT2D eigenvalue weighted by molar-refractivity contribution is -0.0558. The summed E-state index contributed by atoms with van der Waals surface area (Å²) >= 11 is 0. The van der Waals surface area contributed by atoms with Crippen LogP contribution in [0.3, 0.4) is 0 Å². The van der Waals surface area contributed by atoms with E-state index in [9.17, 15) is 35.2 Å². The van der Waals surface area contributed by atoms with Crippen LogP contribution in [0, 0.1) is 11.6 Å². The van der Waals surface area contributed by atoms with Gasteiger partial charge in [0.1, 0.15) is 17.7 Å². The summed E-state index contributed by atoms with van der Waals surface area (Å²) in [6, 6.07) is 1.70. The fourth-order valence-electron chi connectivity index (χ4n) is 1.20. The van der Waals surface area contributed by atoms with Gasteiger partial charge < -0.3 is 0 Å². The molecule has 1 atom stereocenters. The van der Waals surface area contributed by atoms with E-state index in [1.165, 1.54) is 0 Å². The maximum atomic E-state index is 13.2. The average molecular weight is 318 g/mol. The standard InChI is InChI=1S/C10H7F5O4S/c1-5(19-20(17,18)10(13,14)15)9(16)7-3-2-6(11)4-8(7)12/h2-5H,1H3/t5-/m0/s1. The molecule has 0 fully saturated rings. The molecule has 0 saturated carbocycles. The first-order valence-corrected chi connectivity index (χ1v) is 6.35. The molecule has 0 radical (unpaired) electrons. The van der Waals surface area contributed by atoms with Crippen molar-refractivity contribution in [3.05, 3.63) is 35.4 Å². The number of carbonyl (C=O) groups is 1. The van der Waals surface area contributed by atoms with Crippen molar-refractivity contribution in [2.75, 3.05) is 0 Å². The molecule has 4 nitrogen and oxygen atoms in total. The highest BCUT2D eigenvalue weighted by molar-refractivity contribution is 7.87. The molecule has 0 bridgehead atoms. The topological polar surface area (TPSA) is 60.4 Å². The van der Waals surface area contributed by atoms with Gasteiger partial charge in [0.05, 0.1) is 5.56 Å². The lowest BCUT2D eigenvalue weighted by Gasteiger charge is -2.14. The van der Waals surface area contributed by atoms with E-state index in [1.54, 1.807) is 0 Å². The van der Waals surface area contributed by atoms with Gasteiger partial charge in [0.2, 0.25) is 0 Å². The van der Waals surface area contributed by atoms with Crippen molar-refractivity contribution in [3.63, 3.8) is 0 Å². The van der Waals surface area contributed by atoms with Crippen LogP contribution in [0.25, 0.3) is 0 Å². The third-order valence-electron chi connectivity index (χ3n) is 2.12. The lowest BCUT2D eigenvalue weighted by Crippen LogP contribution is -2.32. The Labute approximate surface area is 110 Å². The molecule has 1 aromatic carbocycles. The molecule has 1 rings (SSSR count). The Morgan fingerprint density at radius 2 is 1.80 bits per heavy atom. The van der Waals surface area contributed by atoms with E-state index >= 15 is 0 Å². The number of carbonyl (C=O) groups excluding carboxylic acids is 1. The molecule has 0 aliphatic rings. The minimum Gasteiger partial charge on any atom is -0.291 e. The highest BCUT2D eigenvalue weighted by atomic mass is 32.2. The van der Waals surface area contributed by atoms with Gasteiger partial charge in [-0.25, -0.2) is 8.78 Å². The van der Waals surface area contributed by atoms with Gasteiger partial charge >= 0.3 is 15.6 Å². The zero-order valence-corrected chi connectivity index (χ0v) is 10.6. The molecule has 0 amide bonds. The van der Waals surface area contributed by atoms with Crippen LogP contribution in [0.4, 0.5) is 22.0 Å². The number of benzene rings is 1. The Kier molecular flexibility index (Phi) is 4.49. The van der Waals surface area contributed by atoms with Gasteiger partial charge in [-0.1, -0.05) is 0 Å². The van der Waals surface area contributed by atoms with E-state index in [2.05, 4.69) is 4.18 Å². The summed E-state index contributed by atoms with van der Waals surface area (Å²) in [4.78, 5) is 11.6. The van der Waals surface area contributed by atoms with Crippen LogP contribution in [-0.2, 0) is 14.3 Å². The molecule has 0 unspecified atom stereocenters. The Bertz CT molecular complexity index is 623. The van der Waals surface area contributed by atoms with Crippen molar-refractivity contribution >= 4 is 15.9 Å². The monoisotopic (exact) mass is 318 g/mol. The predicted octanol–water partition coefficient (Wildman–Crippen LogP) is 2.40. The predicted molar refractivity (Wildman–Crippen MR) is 56.2 cm³/mol. The molecule has 10 heteroatoms. The molecule has 0 aliphatic carbocycles. The van der Waals surface area contributed by atoms with E-state index in [-0.39, 0.29) is 0 Å². The normalized spacial score (nSPS) is 14.1. The highest BCUT2D eigenvalue weighted by Crippen LogP contribution is 2.26. The molecule has 0 spiro atoms. The fraction of sp³-hybridized carbons (Fsp3) is 0.300. The first-order chi connectivity index (χ1) is 8.95. The summed E-state index contributed by atoms with van der Waals surface area (Å²) in [6.07, 6.45) is -2.11. The largest absolute Gasteiger partial charge is 0.523 e. The fourth-order valence-corrected chi connectivity index (χ4v) is 1.77. The molecular formula is C10H7F5O4S. The number of alkyl halides is 3. The molecule has 112 valence electrons. The van der Waals surface area contributed by atoms with Crippen molar-refractivity contribution < 1.29 is 39.3 Å². The van der Waals surface area contributed by atoms with E-state index in [0.717, 1.165) is 0 Å². The van der Waals surface area contributed by atoms with Crippen molar-refractivity contribution in [3.8, 4) is 0 Å². The zero-order chi connectivity index (χ0) is 15.7. The number of hydrogen-bond donors (Lipinski definition) is 0. The molecule has 0 aliphatic heterocycles. The second kappa shape index (κ2) is 5.44. The maximum absolute atomic E-state index is 13.2. The summed E-state index contributed by atoms with van der Waals surface area (Å²) in [6.45, 7) is 0.703. The van der Waals surface area contributed by atoms with Gasteiger partial charge in [0.25, 0.3) is 0 Å². The quantitative estimate of drug-likeness (QED) is 0.370. The van der Waals surface area contributed by atoms with Gasteiger partial charge in [-0.05, 0) is 19.1 Å². The Hall–Kier alpha value is -1.55. The van der Waals surface area contributed by atoms with Crippen LogP contribution in [-0.4, -0.2) is 25.8 Å². The third kappa shape index (κ3) is 3.51. The summed E-state index contributed by atoms with van der Waals surface area (Å²) in [7, 11) is -5.99. The molecular weight excluding hydrogens is 311 g/mol. The van der Waals surface area contributed by atoms with Crippen LogP contribution in [0.1, 0.15) is 17.3 Å². The third-order valence-corrected chi connectivity index (χ3v) is 3.23. The van der Waals surface area contributed by atoms with Crippen molar-refractivity contribution in [1.29, 1.82) is 0 Å². The number of Topliss-reactive ketones (excluding diaryl/α,β-unsaturated/α-hetero) is 1. The lowest BCUT2D eigenvalue weighted by atomic mass is 10.1. The molecule has 20 heavy (non-hydrogen) atoms. The molecule has 0 heterocycles. The van der Waals surface area contributed by atoms with Gasteiger partial charge in [-0.2, -0.15) is 21.6 Å². The molecule has 0 aromatic heterocycles. The van der Waals surface area contributed by atoms with Crippen molar-refractivity contribution in [2.24, 2.45) is 0 Å². The van der Waals surface area contributed by atoms with Crippen LogP contribution in [0.15, 0.2) is 18.2 Å². The van der Waals surface area contributed by atoms with Crippen LogP contribution in [0.2, 0.25) is 0 Å². The van der Waals surface area contributed by atoms with Crippen molar-refractivity contribution in [2.45, 2.75) is 18.5 Å². The van der Waals surface area contributed by atoms with Gasteiger partial charge in [0, 0.05) is 6.07 Å². The second-order valence-corrected chi connectivity index (χ2v) is 5.19. The minimum atomic E-state index is -5.99. The molecule has 1 aromatic rings. The number of hydrogen-bond acceptors (Lipinski definition) is 4. The zero-order valence-electron chi connectivity index (χ0n) is 9.74. The van der Waals surface area contributed by atoms with E-state index < -0.39 is 44.7 Å². The van der Waals surface area contributed by atoms with Gasteiger partial charge in [-0.3, -0.25) is 8.98 Å². The Balaban J connectivity index is 2.99. The smallest absolute Gasteiger partial charge is 0.291 e. The number of rotatable bonds is 4. The maximum Gasteiger partial charge on any atom is 0.523 e. The highest BCUT2D eigenvalue weighted by Gasteiger charge is 2.49. The first-order valence-electron chi connectivity index (χ1n) is 4.94. The Morgan fingerprint density at radius 1 is 1.25 bits per heavy atom. The van der Waals surface area contributed by atoms with Gasteiger partial charge in [-0.15, -0.1) is 0 Å². The van der Waals surface area contributed by atoms with Crippen LogP contribution in [0.5, 0.6) is 0 Å². The van der Waals surface area contributed by atoms with E-state index in [4.69, 9.17) is 0 Å². The average Bonchev–Trinajstić information content (AvgIpc) is 2.25. The Morgan fingerprint density at radius 3 is 2.25 bits per heavy atom. The SMILES string of the molecule is C[C@H](OS(=O)(=O)C(F)(F)F)C(=O)c1ccc(F)cc1F. The summed E-state index contributed by atoms with van der Waals surface area (Å²) in [5, 5.41) is 0. The molecule has 0 N–H and O–H groups in total. The van der Waals surface area contributed by atoms with Crippen LogP contribution >= 0.6 is 0 Å². The molecule has 0 saturated heterocycles. The summed E-state index contributed by atoms with van der Waals surface area (Å²) in [5.41, 5.74) is -6.49. The van der Waals surface area contributed by atoms with Gasteiger partial charge in [0.15, 0.2) is 5.78 Å². The first kappa shape index (κ1) is 16.5. The summed E-state index contributed by atoms with van der Waals surface area (Å²) in [5.74, 6) is -3.71. The van der Waals surface area contributed by atoms with Crippen LogP contribution < -0.4 is 0 Å².